The molecule has 1 fully saturated rings. The van der Waals surface area contributed by atoms with Crippen molar-refractivity contribution in [2.24, 2.45) is 11.3 Å². The second-order valence-electron chi connectivity index (χ2n) is 5.74. The molecule has 2 heterocycles. The predicted molar refractivity (Wildman–Crippen MR) is 65.4 cm³/mol. The van der Waals surface area contributed by atoms with Gasteiger partial charge < -0.3 is 14.4 Å². The van der Waals surface area contributed by atoms with E-state index >= 15 is 0 Å². The summed E-state index contributed by atoms with van der Waals surface area (Å²) in [4.78, 5) is 12.9. The number of carboxylic acid groups (broad SMARTS) is 1. The zero-order valence-electron chi connectivity index (χ0n) is 10.6. The largest absolute Gasteiger partial charge is 0.475 e. The van der Waals surface area contributed by atoms with Gasteiger partial charge in [-0.25, -0.2) is 4.79 Å². The topological polar surface area (TPSA) is 53.7 Å². The van der Waals surface area contributed by atoms with Crippen molar-refractivity contribution < 1.29 is 14.3 Å². The standard InChI is InChI=1S/C13H19NO3/c1-13(2,3)9-6-7-14(8-9)11-5-4-10(17-11)12(15)16/h4-5,9H,6-8H2,1-3H3,(H,15,16). The van der Waals surface area contributed by atoms with Gasteiger partial charge in [-0.1, -0.05) is 20.8 Å². The fourth-order valence-corrected chi connectivity index (χ4v) is 2.28. The van der Waals surface area contributed by atoms with Gasteiger partial charge in [-0.05, 0) is 23.8 Å². The van der Waals surface area contributed by atoms with Crippen molar-refractivity contribution in [1.82, 2.24) is 0 Å². The minimum atomic E-state index is -1.01. The molecule has 0 radical (unpaired) electrons. The second kappa shape index (κ2) is 4.09. The summed E-state index contributed by atoms with van der Waals surface area (Å²) in [6, 6.07) is 3.26. The van der Waals surface area contributed by atoms with Crippen molar-refractivity contribution in [1.29, 1.82) is 0 Å². The van der Waals surface area contributed by atoms with E-state index in [1.54, 1.807) is 6.07 Å². The van der Waals surface area contributed by atoms with Crippen LogP contribution in [0.15, 0.2) is 16.5 Å². The molecular weight excluding hydrogens is 218 g/mol. The molecule has 0 spiro atoms. The summed E-state index contributed by atoms with van der Waals surface area (Å²) in [5.41, 5.74) is 0.289. The molecule has 4 nitrogen and oxygen atoms in total. The first kappa shape index (κ1) is 12.0. The molecule has 0 saturated carbocycles. The van der Waals surface area contributed by atoms with Gasteiger partial charge in [-0.15, -0.1) is 0 Å². The first-order valence-electron chi connectivity index (χ1n) is 5.96. The van der Waals surface area contributed by atoms with E-state index in [1.165, 1.54) is 6.07 Å². The third kappa shape index (κ3) is 2.46. The van der Waals surface area contributed by atoms with Crippen molar-refractivity contribution in [3.63, 3.8) is 0 Å². The number of nitrogens with zero attached hydrogens (tertiary/aromatic N) is 1. The number of aromatic carboxylic acids is 1. The minimum Gasteiger partial charge on any atom is -0.475 e. The SMILES string of the molecule is CC(C)(C)C1CCN(c2ccc(C(=O)O)o2)C1. The number of hydrogen-bond acceptors (Lipinski definition) is 3. The Hall–Kier alpha value is -1.45. The highest BCUT2D eigenvalue weighted by Gasteiger charge is 2.33. The van der Waals surface area contributed by atoms with Gasteiger partial charge in [-0.2, -0.15) is 0 Å². The Morgan fingerprint density at radius 2 is 2.18 bits per heavy atom. The Morgan fingerprint density at radius 3 is 2.65 bits per heavy atom. The van der Waals surface area contributed by atoms with E-state index in [2.05, 4.69) is 25.7 Å². The lowest BCUT2D eigenvalue weighted by molar-refractivity contribution is 0.0663. The molecule has 0 bridgehead atoms. The molecule has 0 aromatic carbocycles. The fourth-order valence-electron chi connectivity index (χ4n) is 2.28. The molecule has 1 unspecified atom stereocenters. The normalized spacial score (nSPS) is 20.9. The first-order valence-corrected chi connectivity index (χ1v) is 5.96. The summed E-state index contributed by atoms with van der Waals surface area (Å²) in [7, 11) is 0. The van der Waals surface area contributed by atoms with Crippen molar-refractivity contribution >= 4 is 11.9 Å². The molecular formula is C13H19NO3. The second-order valence-corrected chi connectivity index (χ2v) is 5.74. The van der Waals surface area contributed by atoms with Crippen LogP contribution in [0.1, 0.15) is 37.7 Å². The van der Waals surface area contributed by atoms with Crippen molar-refractivity contribution in [3.05, 3.63) is 17.9 Å². The van der Waals surface area contributed by atoms with Crippen LogP contribution in [-0.2, 0) is 0 Å². The Balaban J connectivity index is 2.07. The van der Waals surface area contributed by atoms with E-state index in [0.29, 0.717) is 11.8 Å². The van der Waals surface area contributed by atoms with Crippen molar-refractivity contribution in [2.75, 3.05) is 18.0 Å². The maximum atomic E-state index is 10.7. The molecule has 1 N–H and O–H groups in total. The summed E-state index contributed by atoms with van der Waals surface area (Å²) in [6.07, 6.45) is 1.13. The zero-order chi connectivity index (χ0) is 12.6. The Labute approximate surface area is 101 Å². The summed E-state index contributed by atoms with van der Waals surface area (Å²) in [6.45, 7) is 8.61. The number of anilines is 1. The van der Waals surface area contributed by atoms with E-state index in [4.69, 9.17) is 9.52 Å². The predicted octanol–water partition coefficient (Wildman–Crippen LogP) is 2.85. The molecule has 94 valence electrons. The average Bonchev–Trinajstić information content (AvgIpc) is 2.85. The summed E-state index contributed by atoms with van der Waals surface area (Å²) < 4.78 is 5.32. The van der Waals surface area contributed by atoms with E-state index in [0.717, 1.165) is 19.5 Å². The van der Waals surface area contributed by atoms with Crippen LogP contribution >= 0.6 is 0 Å². The number of carboxylic acids is 1. The van der Waals surface area contributed by atoms with Crippen LogP contribution in [0.2, 0.25) is 0 Å². The molecule has 1 aromatic heterocycles. The maximum Gasteiger partial charge on any atom is 0.371 e. The molecule has 1 atom stereocenters. The highest BCUT2D eigenvalue weighted by Crippen LogP contribution is 2.35. The zero-order valence-corrected chi connectivity index (χ0v) is 10.6. The smallest absolute Gasteiger partial charge is 0.371 e. The van der Waals surface area contributed by atoms with Gasteiger partial charge in [0.1, 0.15) is 0 Å². The quantitative estimate of drug-likeness (QED) is 0.859. The number of hydrogen-bond donors (Lipinski definition) is 1. The highest BCUT2D eigenvalue weighted by molar-refractivity contribution is 5.84. The van der Waals surface area contributed by atoms with Gasteiger partial charge >= 0.3 is 5.97 Å². The lowest BCUT2D eigenvalue weighted by Crippen LogP contribution is -2.25. The van der Waals surface area contributed by atoms with E-state index < -0.39 is 5.97 Å². The molecule has 17 heavy (non-hydrogen) atoms. The summed E-state index contributed by atoms with van der Waals surface area (Å²) in [5, 5.41) is 8.81. The van der Waals surface area contributed by atoms with Crippen molar-refractivity contribution in [2.45, 2.75) is 27.2 Å². The van der Waals surface area contributed by atoms with Gasteiger partial charge in [-0.3, -0.25) is 0 Å². The number of carbonyl (C=O) groups is 1. The molecule has 0 aliphatic carbocycles. The minimum absolute atomic E-state index is 0.0132. The molecule has 1 aliphatic heterocycles. The summed E-state index contributed by atoms with van der Waals surface area (Å²) in [5.74, 6) is 0.303. The molecule has 1 saturated heterocycles. The van der Waals surface area contributed by atoms with Gasteiger partial charge in [0.2, 0.25) is 5.76 Å². The van der Waals surface area contributed by atoms with Crippen LogP contribution in [-0.4, -0.2) is 24.2 Å². The third-order valence-corrected chi connectivity index (χ3v) is 3.53. The van der Waals surface area contributed by atoms with E-state index in [-0.39, 0.29) is 11.2 Å². The maximum absolute atomic E-state index is 10.7. The first-order chi connectivity index (χ1) is 7.88. The molecule has 1 aromatic rings. The van der Waals surface area contributed by atoms with Crippen LogP contribution in [0.4, 0.5) is 5.88 Å². The lowest BCUT2D eigenvalue weighted by Gasteiger charge is -2.26. The average molecular weight is 237 g/mol. The van der Waals surface area contributed by atoms with Gasteiger partial charge in [0.05, 0.1) is 0 Å². The van der Waals surface area contributed by atoms with E-state index in [1.807, 2.05) is 0 Å². The van der Waals surface area contributed by atoms with Gasteiger partial charge in [0.25, 0.3) is 0 Å². The van der Waals surface area contributed by atoms with E-state index in [9.17, 15) is 4.79 Å². The molecule has 0 amide bonds. The monoisotopic (exact) mass is 237 g/mol. The van der Waals surface area contributed by atoms with Crippen LogP contribution in [0, 0.1) is 11.3 Å². The lowest BCUT2D eigenvalue weighted by atomic mass is 9.80. The third-order valence-electron chi connectivity index (χ3n) is 3.53. The highest BCUT2D eigenvalue weighted by atomic mass is 16.4. The Morgan fingerprint density at radius 1 is 1.47 bits per heavy atom. The fraction of sp³-hybridized carbons (Fsp3) is 0.615. The number of rotatable bonds is 2. The van der Waals surface area contributed by atoms with Gasteiger partial charge in [0.15, 0.2) is 5.88 Å². The Kier molecular flexibility index (Phi) is 2.89. The van der Waals surface area contributed by atoms with Crippen LogP contribution in [0.25, 0.3) is 0 Å². The van der Waals surface area contributed by atoms with Crippen molar-refractivity contribution in [3.8, 4) is 0 Å². The molecule has 4 heteroatoms. The van der Waals surface area contributed by atoms with Gasteiger partial charge in [0, 0.05) is 19.2 Å². The number of furan rings is 1. The Bertz CT molecular complexity index is 417. The van der Waals surface area contributed by atoms with Crippen LogP contribution in [0.5, 0.6) is 0 Å². The molecule has 1 aliphatic rings. The molecule has 2 rings (SSSR count). The van der Waals surface area contributed by atoms with Crippen LogP contribution < -0.4 is 4.90 Å². The van der Waals surface area contributed by atoms with Crippen LogP contribution in [0.3, 0.4) is 0 Å². The summed E-state index contributed by atoms with van der Waals surface area (Å²) >= 11 is 0.